The van der Waals surface area contributed by atoms with Crippen LogP contribution < -0.4 is 5.32 Å². The molecule has 3 rings (SSSR count). The molecule has 6 heteroatoms. The van der Waals surface area contributed by atoms with E-state index in [-0.39, 0.29) is 5.91 Å². The molecule has 0 radical (unpaired) electrons. The van der Waals surface area contributed by atoms with Crippen molar-refractivity contribution in [2.75, 3.05) is 19.6 Å². The average Bonchev–Trinajstić information content (AvgIpc) is 3.15. The molecule has 2 aromatic rings. The molecule has 1 aliphatic rings. The van der Waals surface area contributed by atoms with Gasteiger partial charge in [-0.3, -0.25) is 9.36 Å². The van der Waals surface area contributed by atoms with Crippen molar-refractivity contribution in [1.29, 1.82) is 0 Å². The van der Waals surface area contributed by atoms with Crippen LogP contribution in [0.25, 0.3) is 5.82 Å². The second-order valence-corrected chi connectivity index (χ2v) is 6.68. The number of hydrogen-bond donors (Lipinski definition) is 1. The molecule has 1 saturated heterocycles. The molecule has 24 heavy (non-hydrogen) atoms. The van der Waals surface area contributed by atoms with Gasteiger partial charge in [-0.2, -0.15) is 0 Å². The molecular formula is C18H25N5O. The summed E-state index contributed by atoms with van der Waals surface area (Å²) < 4.78 is 1.79. The maximum absolute atomic E-state index is 12.4. The van der Waals surface area contributed by atoms with Gasteiger partial charge in [-0.05, 0) is 51.3 Å². The van der Waals surface area contributed by atoms with Crippen molar-refractivity contribution in [2.45, 2.75) is 32.7 Å². The minimum absolute atomic E-state index is 0.0413. The lowest BCUT2D eigenvalue weighted by atomic mass is 9.97. The zero-order chi connectivity index (χ0) is 16.9. The number of carbonyl (C=O) groups is 1. The van der Waals surface area contributed by atoms with Crippen LogP contribution in [0.15, 0.2) is 37.1 Å². The van der Waals surface area contributed by atoms with E-state index in [4.69, 9.17) is 0 Å². The quantitative estimate of drug-likeness (QED) is 0.914. The molecule has 0 aromatic carbocycles. The summed E-state index contributed by atoms with van der Waals surface area (Å²) in [5.74, 6) is 1.18. The Balaban J connectivity index is 1.58. The summed E-state index contributed by atoms with van der Waals surface area (Å²) in [4.78, 5) is 23.2. The Morgan fingerprint density at radius 3 is 3.04 bits per heavy atom. The molecule has 6 nitrogen and oxygen atoms in total. The van der Waals surface area contributed by atoms with Gasteiger partial charge in [0.25, 0.3) is 5.91 Å². The lowest BCUT2D eigenvalue weighted by Gasteiger charge is -2.35. The van der Waals surface area contributed by atoms with Crippen LogP contribution in [0.5, 0.6) is 0 Å². The summed E-state index contributed by atoms with van der Waals surface area (Å²) >= 11 is 0. The summed E-state index contributed by atoms with van der Waals surface area (Å²) in [5.41, 5.74) is 0.630. The van der Waals surface area contributed by atoms with Crippen molar-refractivity contribution in [3.05, 3.63) is 42.6 Å². The van der Waals surface area contributed by atoms with Crippen LogP contribution in [0.1, 0.15) is 37.0 Å². The van der Waals surface area contributed by atoms with Crippen LogP contribution >= 0.6 is 0 Å². The van der Waals surface area contributed by atoms with Crippen molar-refractivity contribution in [3.63, 3.8) is 0 Å². The average molecular weight is 327 g/mol. The highest BCUT2D eigenvalue weighted by Crippen LogP contribution is 2.18. The Bertz CT molecular complexity index is 668. The van der Waals surface area contributed by atoms with Crippen LogP contribution in [0.3, 0.4) is 0 Å². The predicted octanol–water partition coefficient (Wildman–Crippen LogP) is 2.12. The molecule has 128 valence electrons. The van der Waals surface area contributed by atoms with Crippen molar-refractivity contribution in [3.8, 4) is 5.82 Å². The highest BCUT2D eigenvalue weighted by atomic mass is 16.1. The van der Waals surface area contributed by atoms with E-state index in [2.05, 4.69) is 34.0 Å². The smallest absolute Gasteiger partial charge is 0.251 e. The normalized spacial score (nSPS) is 18.7. The van der Waals surface area contributed by atoms with Gasteiger partial charge in [0.2, 0.25) is 0 Å². The SMILES string of the molecule is CC(C)N1CCCC(CNC(=O)c2ccnc(-n3ccnc3)c2)C1. The zero-order valence-electron chi connectivity index (χ0n) is 14.4. The standard InChI is InChI=1S/C18H25N5O/c1-14(2)22-8-3-4-15(12-22)11-21-18(24)16-5-6-20-17(10-16)23-9-7-19-13-23/h5-7,9-10,13-15H,3-4,8,11-12H2,1-2H3,(H,21,24). The minimum Gasteiger partial charge on any atom is -0.352 e. The van der Waals surface area contributed by atoms with Gasteiger partial charge in [-0.25, -0.2) is 9.97 Å². The first-order chi connectivity index (χ1) is 11.6. The summed E-state index contributed by atoms with van der Waals surface area (Å²) in [5, 5.41) is 3.08. The largest absolute Gasteiger partial charge is 0.352 e. The number of piperidine rings is 1. The molecule has 1 fully saturated rings. The van der Waals surface area contributed by atoms with E-state index >= 15 is 0 Å². The first-order valence-corrected chi connectivity index (χ1v) is 8.60. The van der Waals surface area contributed by atoms with Gasteiger partial charge >= 0.3 is 0 Å². The van der Waals surface area contributed by atoms with Crippen LogP contribution in [0.4, 0.5) is 0 Å². The Morgan fingerprint density at radius 2 is 2.29 bits per heavy atom. The van der Waals surface area contributed by atoms with E-state index in [1.54, 1.807) is 35.4 Å². The third-order valence-corrected chi connectivity index (χ3v) is 4.61. The van der Waals surface area contributed by atoms with E-state index in [1.165, 1.54) is 19.4 Å². The second-order valence-electron chi connectivity index (χ2n) is 6.68. The van der Waals surface area contributed by atoms with E-state index in [0.29, 0.717) is 23.3 Å². The highest BCUT2D eigenvalue weighted by molar-refractivity contribution is 5.94. The minimum atomic E-state index is -0.0413. The Kier molecular flexibility index (Phi) is 5.25. The number of likely N-dealkylation sites (tertiary alicyclic amines) is 1. The Morgan fingerprint density at radius 1 is 1.42 bits per heavy atom. The highest BCUT2D eigenvalue weighted by Gasteiger charge is 2.22. The monoisotopic (exact) mass is 327 g/mol. The molecule has 1 atom stereocenters. The number of aromatic nitrogens is 3. The summed E-state index contributed by atoms with van der Waals surface area (Å²) in [6, 6.07) is 4.11. The lowest BCUT2D eigenvalue weighted by molar-refractivity contribution is 0.0922. The number of hydrogen-bond acceptors (Lipinski definition) is 4. The third kappa shape index (κ3) is 4.00. The van der Waals surface area contributed by atoms with Crippen LogP contribution in [-0.4, -0.2) is 51.0 Å². The molecule has 1 N–H and O–H groups in total. The van der Waals surface area contributed by atoms with Crippen molar-refractivity contribution < 1.29 is 4.79 Å². The Hall–Kier alpha value is -2.21. The van der Waals surface area contributed by atoms with E-state index in [1.807, 2.05) is 6.20 Å². The maximum Gasteiger partial charge on any atom is 0.251 e. The molecule has 0 aliphatic carbocycles. The number of nitrogens with zero attached hydrogens (tertiary/aromatic N) is 4. The molecule has 0 saturated carbocycles. The summed E-state index contributed by atoms with van der Waals surface area (Å²) in [7, 11) is 0. The molecular weight excluding hydrogens is 302 g/mol. The topological polar surface area (TPSA) is 63.1 Å². The fourth-order valence-electron chi connectivity index (χ4n) is 3.17. The predicted molar refractivity (Wildman–Crippen MR) is 93.1 cm³/mol. The summed E-state index contributed by atoms with van der Waals surface area (Å²) in [6.45, 7) is 7.42. The van der Waals surface area contributed by atoms with Crippen molar-refractivity contribution >= 4 is 5.91 Å². The van der Waals surface area contributed by atoms with Crippen molar-refractivity contribution in [1.82, 2.24) is 24.8 Å². The van der Waals surface area contributed by atoms with Crippen LogP contribution in [0.2, 0.25) is 0 Å². The number of amides is 1. The van der Waals surface area contributed by atoms with E-state index < -0.39 is 0 Å². The van der Waals surface area contributed by atoms with Gasteiger partial charge in [0.15, 0.2) is 0 Å². The second kappa shape index (κ2) is 7.57. The van der Waals surface area contributed by atoms with Crippen LogP contribution in [0, 0.1) is 5.92 Å². The Labute approximate surface area is 142 Å². The molecule has 0 bridgehead atoms. The van der Waals surface area contributed by atoms with Gasteiger partial charge < -0.3 is 10.2 Å². The molecule has 1 aliphatic heterocycles. The number of imidazole rings is 1. The van der Waals surface area contributed by atoms with Gasteiger partial charge in [0.05, 0.1) is 0 Å². The van der Waals surface area contributed by atoms with Gasteiger partial charge in [-0.15, -0.1) is 0 Å². The fourth-order valence-corrected chi connectivity index (χ4v) is 3.17. The molecule has 1 amide bonds. The molecule has 1 unspecified atom stereocenters. The lowest BCUT2D eigenvalue weighted by Crippen LogP contribution is -2.43. The van der Waals surface area contributed by atoms with E-state index in [0.717, 1.165) is 13.1 Å². The summed E-state index contributed by atoms with van der Waals surface area (Å²) in [6.07, 6.45) is 9.22. The fraction of sp³-hybridized carbons (Fsp3) is 0.500. The number of nitrogens with one attached hydrogen (secondary N) is 1. The molecule has 3 heterocycles. The van der Waals surface area contributed by atoms with Gasteiger partial charge in [0.1, 0.15) is 12.1 Å². The molecule has 0 spiro atoms. The number of carbonyl (C=O) groups excluding carboxylic acids is 1. The zero-order valence-corrected chi connectivity index (χ0v) is 14.4. The van der Waals surface area contributed by atoms with E-state index in [9.17, 15) is 4.79 Å². The number of pyridine rings is 1. The van der Waals surface area contributed by atoms with Crippen LogP contribution in [-0.2, 0) is 0 Å². The maximum atomic E-state index is 12.4. The first-order valence-electron chi connectivity index (χ1n) is 8.60. The van der Waals surface area contributed by atoms with Crippen molar-refractivity contribution in [2.24, 2.45) is 5.92 Å². The molecule has 2 aromatic heterocycles. The third-order valence-electron chi connectivity index (χ3n) is 4.61. The van der Waals surface area contributed by atoms with Gasteiger partial charge in [0, 0.05) is 43.3 Å². The number of rotatable bonds is 5. The first kappa shape index (κ1) is 16.6. The van der Waals surface area contributed by atoms with Gasteiger partial charge in [-0.1, -0.05) is 0 Å².